The quantitative estimate of drug-likeness (QED) is 0.350. The summed E-state index contributed by atoms with van der Waals surface area (Å²) in [5.41, 5.74) is 3.96. The molecule has 11 heteroatoms. The second kappa shape index (κ2) is 10.7. The lowest BCUT2D eigenvalue weighted by Crippen LogP contribution is -2.38. The largest absolute Gasteiger partial charge is 0.394 e. The Labute approximate surface area is 219 Å². The molecule has 36 heavy (non-hydrogen) atoms. The van der Waals surface area contributed by atoms with Crippen molar-refractivity contribution in [3.8, 4) is 0 Å². The molecule has 0 aliphatic carbocycles. The van der Waals surface area contributed by atoms with E-state index in [-0.39, 0.29) is 23.2 Å². The summed E-state index contributed by atoms with van der Waals surface area (Å²) in [6, 6.07) is 6.08. The van der Waals surface area contributed by atoms with Crippen LogP contribution in [0.1, 0.15) is 30.2 Å². The second-order valence-electron chi connectivity index (χ2n) is 8.89. The molecule has 192 valence electrons. The van der Waals surface area contributed by atoms with Gasteiger partial charge >= 0.3 is 0 Å². The van der Waals surface area contributed by atoms with Crippen molar-refractivity contribution in [3.05, 3.63) is 69.6 Å². The van der Waals surface area contributed by atoms with E-state index in [1.807, 2.05) is 46.5 Å². The van der Waals surface area contributed by atoms with Crippen LogP contribution in [0.2, 0.25) is 10.0 Å². The molecule has 2 aliphatic rings. The van der Waals surface area contributed by atoms with Crippen molar-refractivity contribution in [1.82, 2.24) is 19.9 Å². The molecule has 7 nitrogen and oxygen atoms in total. The monoisotopic (exact) mass is 536 g/mol. The van der Waals surface area contributed by atoms with Gasteiger partial charge in [-0.25, -0.2) is 13.8 Å². The number of pyridine rings is 1. The number of nitrogens with zero attached hydrogens (tertiary/aromatic N) is 4. The molecule has 2 aliphatic heterocycles. The number of hydrogen-bond donors (Lipinski definition) is 3. The van der Waals surface area contributed by atoms with Crippen LogP contribution in [0.15, 0.2) is 42.7 Å². The molecule has 3 N–H and O–H groups in total. The van der Waals surface area contributed by atoms with Crippen LogP contribution in [0.4, 0.5) is 14.5 Å². The van der Waals surface area contributed by atoms with Crippen molar-refractivity contribution in [3.63, 3.8) is 0 Å². The first-order valence-corrected chi connectivity index (χ1v) is 12.3. The van der Waals surface area contributed by atoms with Gasteiger partial charge in [-0.05, 0) is 41.8 Å². The maximum atomic E-state index is 13.6. The molecule has 0 unspecified atom stereocenters. The molecule has 0 fully saturated rings. The second-order valence-corrected chi connectivity index (χ2v) is 9.71. The fourth-order valence-electron chi connectivity index (χ4n) is 4.26. The van der Waals surface area contributed by atoms with Gasteiger partial charge in [0.2, 0.25) is 0 Å². The van der Waals surface area contributed by atoms with Gasteiger partial charge in [0, 0.05) is 62.8 Å². The van der Waals surface area contributed by atoms with Gasteiger partial charge in [-0.1, -0.05) is 29.3 Å². The number of likely N-dealkylation sites (N-methyl/N-ethyl adjacent to an activating group) is 1. The van der Waals surface area contributed by atoms with Crippen molar-refractivity contribution < 1.29 is 13.9 Å². The molecule has 1 aromatic heterocycles. The van der Waals surface area contributed by atoms with Crippen LogP contribution in [0.3, 0.4) is 0 Å². The zero-order chi connectivity index (χ0) is 26.0. The Morgan fingerprint density at radius 2 is 2.00 bits per heavy atom. The lowest BCUT2D eigenvalue weighted by Gasteiger charge is -2.29. The van der Waals surface area contributed by atoms with Gasteiger partial charge in [-0.3, -0.25) is 10.4 Å². The Kier molecular flexibility index (Phi) is 7.85. The lowest BCUT2D eigenvalue weighted by atomic mass is 10.0. The Morgan fingerprint density at radius 1 is 1.22 bits per heavy atom. The molecule has 0 radical (unpaired) electrons. The minimum absolute atomic E-state index is 0.0496. The minimum Gasteiger partial charge on any atom is -0.394 e. The highest BCUT2D eigenvalue weighted by molar-refractivity contribution is 6.32. The number of rotatable bonds is 6. The average Bonchev–Trinajstić information content (AvgIpc) is 3.19. The molecule has 2 aromatic rings. The van der Waals surface area contributed by atoms with E-state index in [0.29, 0.717) is 43.3 Å². The number of benzene rings is 1. The van der Waals surface area contributed by atoms with Crippen LogP contribution in [-0.4, -0.2) is 70.8 Å². The summed E-state index contributed by atoms with van der Waals surface area (Å²) in [5, 5.41) is 25.0. The van der Waals surface area contributed by atoms with Crippen molar-refractivity contribution in [2.24, 2.45) is 0 Å². The van der Waals surface area contributed by atoms with E-state index >= 15 is 0 Å². The zero-order valence-corrected chi connectivity index (χ0v) is 21.5. The summed E-state index contributed by atoms with van der Waals surface area (Å²) in [7, 11) is 1.96. The van der Waals surface area contributed by atoms with Gasteiger partial charge in [0.05, 0.1) is 28.9 Å². The number of nitrogens with one attached hydrogen (secondary N) is 2. The third-order valence-corrected chi connectivity index (χ3v) is 6.82. The van der Waals surface area contributed by atoms with Gasteiger partial charge < -0.3 is 20.3 Å². The summed E-state index contributed by atoms with van der Waals surface area (Å²) in [5.74, 6) is -2.88. The van der Waals surface area contributed by atoms with Gasteiger partial charge in [0.15, 0.2) is 5.96 Å². The number of β-amino-alcohol motifs (C(OH)–C–C–N with tert-alkyl or cyclic N) is 1. The number of aromatic nitrogens is 1. The van der Waals surface area contributed by atoms with Crippen LogP contribution in [-0.2, 0) is 5.92 Å². The first-order chi connectivity index (χ1) is 17.1. The Balaban J connectivity index is 1.40. The smallest absolute Gasteiger partial charge is 0.271 e. The molecule has 4 rings (SSSR count). The summed E-state index contributed by atoms with van der Waals surface area (Å²) in [6.07, 6.45) is 6.45. The first kappa shape index (κ1) is 26.3. The molecular weight excluding hydrogens is 509 g/mol. The number of guanidine groups is 1. The number of aliphatic hydroxyl groups excluding tert-OH is 1. The fourth-order valence-corrected chi connectivity index (χ4v) is 4.90. The van der Waals surface area contributed by atoms with E-state index in [2.05, 4.69) is 10.3 Å². The van der Waals surface area contributed by atoms with Crippen LogP contribution in [0.5, 0.6) is 0 Å². The molecule has 0 amide bonds. The number of alkyl halides is 2. The highest BCUT2D eigenvalue weighted by Crippen LogP contribution is 2.35. The first-order valence-electron chi connectivity index (χ1n) is 11.5. The Bertz CT molecular complexity index is 1210. The molecule has 1 aromatic carbocycles. The highest BCUT2D eigenvalue weighted by atomic mass is 35.5. The molecular formula is C25H28Cl2F2N6O. The molecule has 0 bridgehead atoms. The van der Waals surface area contributed by atoms with E-state index in [9.17, 15) is 13.9 Å². The maximum absolute atomic E-state index is 13.6. The standard InChI is InChI=1S/C25H28Cl2F2N6O/c1-25(28,29)20-4-3-19(12-21(20)26)32-24(30)34-7-5-16(6-8-34)23-22(27)11-17(13-31-23)18-14-33(2)35(15-18)9-10-36/h3-5,11-13,15,36H,6-10,14H2,1-2H3,(H2,30,32). The Morgan fingerprint density at radius 3 is 2.61 bits per heavy atom. The number of hydrogen-bond acceptors (Lipinski definition) is 5. The predicted octanol–water partition coefficient (Wildman–Crippen LogP) is 5.13. The summed E-state index contributed by atoms with van der Waals surface area (Å²) < 4.78 is 27.1. The van der Waals surface area contributed by atoms with Crippen LogP contribution < -0.4 is 5.32 Å². The molecule has 0 saturated carbocycles. The van der Waals surface area contributed by atoms with Crippen LogP contribution in [0, 0.1) is 5.41 Å². The van der Waals surface area contributed by atoms with Gasteiger partial charge in [0.1, 0.15) is 0 Å². The topological polar surface area (TPSA) is 78.7 Å². The molecule has 0 atom stereocenters. The molecule has 3 heterocycles. The SMILES string of the molecule is CN1CC(c2cnc(C3=CCN(C(=N)Nc4ccc(C(C)(F)F)c(Cl)c4)CC3)c(Cl)c2)=CN1CCO. The average molecular weight is 537 g/mol. The number of halogens is 4. The van der Waals surface area contributed by atoms with Crippen molar-refractivity contribution >= 4 is 46.0 Å². The van der Waals surface area contributed by atoms with E-state index in [4.69, 9.17) is 28.6 Å². The summed E-state index contributed by atoms with van der Waals surface area (Å²) in [4.78, 5) is 6.46. The normalized spacial score (nSPS) is 16.8. The van der Waals surface area contributed by atoms with Crippen molar-refractivity contribution in [2.45, 2.75) is 19.3 Å². The number of aliphatic hydroxyl groups is 1. The zero-order valence-electron chi connectivity index (χ0n) is 20.0. The third-order valence-electron chi connectivity index (χ3n) is 6.22. The van der Waals surface area contributed by atoms with E-state index in [0.717, 1.165) is 29.3 Å². The van der Waals surface area contributed by atoms with E-state index in [1.54, 1.807) is 0 Å². The number of anilines is 1. The van der Waals surface area contributed by atoms with Crippen molar-refractivity contribution in [1.29, 1.82) is 5.41 Å². The van der Waals surface area contributed by atoms with Gasteiger partial charge in [-0.15, -0.1) is 0 Å². The summed E-state index contributed by atoms with van der Waals surface area (Å²) in [6.45, 7) is 3.15. The molecule has 0 saturated heterocycles. The van der Waals surface area contributed by atoms with Crippen molar-refractivity contribution in [2.75, 3.05) is 45.2 Å². The fraction of sp³-hybridized carbons (Fsp3) is 0.360. The molecule has 0 spiro atoms. The summed E-state index contributed by atoms with van der Waals surface area (Å²) >= 11 is 12.6. The third kappa shape index (κ3) is 5.81. The van der Waals surface area contributed by atoms with Gasteiger partial charge in [-0.2, -0.15) is 0 Å². The van der Waals surface area contributed by atoms with E-state index < -0.39 is 5.92 Å². The van der Waals surface area contributed by atoms with Gasteiger partial charge in [0.25, 0.3) is 5.92 Å². The Hall–Kier alpha value is -2.72. The van der Waals surface area contributed by atoms with E-state index in [1.165, 1.54) is 18.2 Å². The highest BCUT2D eigenvalue weighted by Gasteiger charge is 2.27. The van der Waals surface area contributed by atoms with Crippen LogP contribution >= 0.6 is 23.2 Å². The van der Waals surface area contributed by atoms with Crippen LogP contribution in [0.25, 0.3) is 11.1 Å². The number of hydrazine groups is 1. The predicted molar refractivity (Wildman–Crippen MR) is 140 cm³/mol. The minimum atomic E-state index is -3.03. The lowest BCUT2D eigenvalue weighted by molar-refractivity contribution is 0.0176. The maximum Gasteiger partial charge on any atom is 0.271 e.